The third kappa shape index (κ3) is 2.58. The van der Waals surface area contributed by atoms with Crippen LogP contribution in [0.2, 0.25) is 0 Å². The van der Waals surface area contributed by atoms with Crippen molar-refractivity contribution in [2.45, 2.75) is 26.2 Å². The monoisotopic (exact) mass is 386 g/mol. The lowest BCUT2D eigenvalue weighted by Gasteiger charge is -2.19. The van der Waals surface area contributed by atoms with Crippen LogP contribution in [0.25, 0.3) is 0 Å². The Bertz CT molecular complexity index is 284. The van der Waals surface area contributed by atoms with E-state index in [2.05, 4.69) is 84.2 Å². The van der Waals surface area contributed by atoms with E-state index in [0.29, 0.717) is 0 Å². The Morgan fingerprint density at radius 2 is 1.58 bits per heavy atom. The van der Waals surface area contributed by atoms with Crippen molar-refractivity contribution >= 4 is 45.2 Å². The third-order valence-corrected chi connectivity index (χ3v) is 4.65. The Kier molecular flexibility index (Phi) is 3.42. The highest BCUT2D eigenvalue weighted by Gasteiger charge is 2.13. The molecular weight excluding hydrogens is 374 g/mol. The summed E-state index contributed by atoms with van der Waals surface area (Å²) in [5.74, 6) is 0. The Morgan fingerprint density at radius 3 is 2.00 bits per heavy atom. The average Bonchev–Trinajstić information content (AvgIpc) is 1.92. The largest absolute Gasteiger partial charge is 0.0574 e. The van der Waals surface area contributed by atoms with E-state index in [1.165, 1.54) is 12.7 Å². The Balaban J connectivity index is 3.14. The lowest BCUT2D eigenvalue weighted by Crippen LogP contribution is -2.11. The maximum Gasteiger partial charge on any atom is 0.0266 e. The van der Waals surface area contributed by atoms with Gasteiger partial charge in [0.05, 0.1) is 0 Å². The van der Waals surface area contributed by atoms with Crippen LogP contribution in [0.1, 0.15) is 26.3 Å². The van der Waals surface area contributed by atoms with Crippen molar-refractivity contribution in [3.05, 3.63) is 30.9 Å². The average molecular weight is 386 g/mol. The molecule has 2 heteroatoms. The molecule has 1 rings (SSSR count). The molecule has 0 nitrogen and oxygen atoms in total. The van der Waals surface area contributed by atoms with E-state index >= 15 is 0 Å². The molecule has 0 amide bonds. The molecule has 0 atom stereocenters. The smallest absolute Gasteiger partial charge is 0.0266 e. The summed E-state index contributed by atoms with van der Waals surface area (Å²) in [6.45, 7) is 6.72. The van der Waals surface area contributed by atoms with Crippen LogP contribution in [-0.4, -0.2) is 0 Å². The molecule has 0 saturated carbocycles. The molecule has 12 heavy (non-hydrogen) atoms. The van der Waals surface area contributed by atoms with E-state index in [9.17, 15) is 0 Å². The summed E-state index contributed by atoms with van der Waals surface area (Å²) in [5, 5.41) is 0. The van der Waals surface area contributed by atoms with Crippen molar-refractivity contribution in [1.82, 2.24) is 0 Å². The minimum absolute atomic E-state index is 0.268. The van der Waals surface area contributed by atoms with Gasteiger partial charge < -0.3 is 0 Å². The molecule has 0 aliphatic rings. The van der Waals surface area contributed by atoms with Gasteiger partial charge in [-0.3, -0.25) is 0 Å². The maximum absolute atomic E-state index is 2.38. The molecule has 0 fully saturated rings. The molecule has 0 aliphatic heterocycles. The van der Waals surface area contributed by atoms with Gasteiger partial charge in [-0.2, -0.15) is 0 Å². The van der Waals surface area contributed by atoms with E-state index in [1.54, 1.807) is 0 Å². The lowest BCUT2D eigenvalue weighted by atomic mass is 9.87. The van der Waals surface area contributed by atoms with Gasteiger partial charge in [0.1, 0.15) is 0 Å². The second kappa shape index (κ2) is 3.82. The highest BCUT2D eigenvalue weighted by molar-refractivity contribution is 14.1. The molecule has 0 bridgehead atoms. The van der Waals surface area contributed by atoms with Gasteiger partial charge in [-0.25, -0.2) is 0 Å². The Hall–Kier alpha value is 0.680. The van der Waals surface area contributed by atoms with Crippen molar-refractivity contribution in [2.75, 3.05) is 0 Å². The summed E-state index contributed by atoms with van der Waals surface area (Å²) < 4.78 is 2.68. The molecule has 1 aromatic rings. The van der Waals surface area contributed by atoms with Crippen LogP contribution in [0.4, 0.5) is 0 Å². The van der Waals surface area contributed by atoms with Crippen LogP contribution in [0, 0.1) is 7.14 Å². The van der Waals surface area contributed by atoms with Crippen molar-refractivity contribution < 1.29 is 0 Å². The van der Waals surface area contributed by atoms with Gasteiger partial charge in [-0.05, 0) is 68.3 Å². The molecule has 0 aliphatic carbocycles. The standard InChI is InChI=1S/C10H12I2/c1-10(2,3)7-4-5-8(11)9(12)6-7/h4-6H,1-3H3. The zero-order valence-electron chi connectivity index (χ0n) is 7.49. The second-order valence-electron chi connectivity index (χ2n) is 3.88. The van der Waals surface area contributed by atoms with Crippen LogP contribution in [0.3, 0.4) is 0 Å². The first-order valence-corrected chi connectivity index (χ1v) is 6.02. The molecular formula is C10H12I2. The topological polar surface area (TPSA) is 0 Å². The first-order chi connectivity index (χ1) is 5.41. The second-order valence-corrected chi connectivity index (χ2v) is 6.20. The Morgan fingerprint density at radius 1 is 1.00 bits per heavy atom. The number of rotatable bonds is 0. The van der Waals surface area contributed by atoms with Crippen molar-refractivity contribution in [3.63, 3.8) is 0 Å². The lowest BCUT2D eigenvalue weighted by molar-refractivity contribution is 0.589. The fraction of sp³-hybridized carbons (Fsp3) is 0.400. The van der Waals surface area contributed by atoms with Crippen molar-refractivity contribution in [2.24, 2.45) is 0 Å². The number of halogens is 2. The van der Waals surface area contributed by atoms with E-state index in [-0.39, 0.29) is 5.41 Å². The van der Waals surface area contributed by atoms with Crippen LogP contribution >= 0.6 is 45.2 Å². The number of benzene rings is 1. The molecule has 0 aromatic heterocycles. The van der Waals surface area contributed by atoms with Gasteiger partial charge in [0.25, 0.3) is 0 Å². The summed E-state index contributed by atoms with van der Waals surface area (Å²) in [6.07, 6.45) is 0. The number of hydrogen-bond donors (Lipinski definition) is 0. The van der Waals surface area contributed by atoms with Crippen LogP contribution in [0.5, 0.6) is 0 Å². The van der Waals surface area contributed by atoms with E-state index < -0.39 is 0 Å². The predicted molar refractivity (Wildman–Crippen MR) is 70.6 cm³/mol. The maximum atomic E-state index is 2.38. The molecule has 1 aromatic carbocycles. The van der Waals surface area contributed by atoms with Crippen LogP contribution < -0.4 is 0 Å². The van der Waals surface area contributed by atoms with Gasteiger partial charge >= 0.3 is 0 Å². The normalized spacial score (nSPS) is 11.8. The quantitative estimate of drug-likeness (QED) is 0.587. The van der Waals surface area contributed by atoms with E-state index in [1.807, 2.05) is 0 Å². The zero-order valence-corrected chi connectivity index (χ0v) is 11.8. The van der Waals surface area contributed by atoms with Gasteiger partial charge in [0.15, 0.2) is 0 Å². The zero-order chi connectivity index (χ0) is 9.35. The van der Waals surface area contributed by atoms with Crippen molar-refractivity contribution in [1.29, 1.82) is 0 Å². The van der Waals surface area contributed by atoms with Gasteiger partial charge in [0, 0.05) is 7.14 Å². The highest BCUT2D eigenvalue weighted by Crippen LogP contribution is 2.25. The van der Waals surface area contributed by atoms with Gasteiger partial charge in [-0.1, -0.05) is 26.8 Å². The summed E-state index contributed by atoms with van der Waals surface area (Å²) in [6, 6.07) is 6.66. The summed E-state index contributed by atoms with van der Waals surface area (Å²) >= 11 is 4.74. The van der Waals surface area contributed by atoms with E-state index in [0.717, 1.165) is 0 Å². The minimum atomic E-state index is 0.268. The molecule has 0 radical (unpaired) electrons. The molecule has 0 N–H and O–H groups in total. The predicted octanol–water partition coefficient (Wildman–Crippen LogP) is 4.19. The van der Waals surface area contributed by atoms with Crippen LogP contribution in [-0.2, 0) is 5.41 Å². The van der Waals surface area contributed by atoms with Crippen LogP contribution in [0.15, 0.2) is 18.2 Å². The molecule has 0 saturated heterocycles. The molecule has 66 valence electrons. The third-order valence-electron chi connectivity index (χ3n) is 1.79. The van der Waals surface area contributed by atoms with Gasteiger partial charge in [-0.15, -0.1) is 0 Å². The minimum Gasteiger partial charge on any atom is -0.0574 e. The van der Waals surface area contributed by atoms with Gasteiger partial charge in [0.2, 0.25) is 0 Å². The summed E-state index contributed by atoms with van der Waals surface area (Å²) in [4.78, 5) is 0. The first kappa shape index (κ1) is 10.8. The first-order valence-electron chi connectivity index (χ1n) is 3.87. The fourth-order valence-corrected chi connectivity index (χ4v) is 1.81. The van der Waals surface area contributed by atoms with E-state index in [4.69, 9.17) is 0 Å². The highest BCUT2D eigenvalue weighted by atomic mass is 127. The SMILES string of the molecule is CC(C)(C)c1ccc(I)c(I)c1. The molecule has 0 unspecified atom stereocenters. The summed E-state index contributed by atoms with van der Waals surface area (Å²) in [5.41, 5.74) is 1.68. The fourth-order valence-electron chi connectivity index (χ4n) is 0.963. The molecule has 0 heterocycles. The summed E-state index contributed by atoms with van der Waals surface area (Å²) in [7, 11) is 0. The van der Waals surface area contributed by atoms with Crippen molar-refractivity contribution in [3.8, 4) is 0 Å². The molecule has 0 spiro atoms. The Labute approximate surface area is 101 Å². The number of hydrogen-bond acceptors (Lipinski definition) is 0.